The van der Waals surface area contributed by atoms with Crippen LogP contribution >= 0.6 is 15.9 Å². The SMILES string of the molecule is O=C(OCC1CCCCO1)c1ccc(Br)cc1. The van der Waals surface area contributed by atoms with Gasteiger partial charge in [-0.25, -0.2) is 4.79 Å². The monoisotopic (exact) mass is 298 g/mol. The summed E-state index contributed by atoms with van der Waals surface area (Å²) in [6.07, 6.45) is 3.31. The lowest BCUT2D eigenvalue weighted by atomic mass is 10.1. The minimum absolute atomic E-state index is 0.0724. The van der Waals surface area contributed by atoms with Gasteiger partial charge in [0.2, 0.25) is 0 Å². The number of hydrogen-bond acceptors (Lipinski definition) is 3. The Balaban J connectivity index is 1.82. The van der Waals surface area contributed by atoms with Crippen LogP contribution in [0.4, 0.5) is 0 Å². The van der Waals surface area contributed by atoms with Crippen LogP contribution in [0.5, 0.6) is 0 Å². The summed E-state index contributed by atoms with van der Waals surface area (Å²) in [5.74, 6) is -0.285. The van der Waals surface area contributed by atoms with Crippen molar-refractivity contribution in [3.05, 3.63) is 34.3 Å². The summed E-state index contributed by atoms with van der Waals surface area (Å²) in [6.45, 7) is 1.13. The normalized spacial score (nSPS) is 19.9. The topological polar surface area (TPSA) is 35.5 Å². The molecule has 92 valence electrons. The maximum absolute atomic E-state index is 11.7. The highest BCUT2D eigenvalue weighted by Crippen LogP contribution is 2.14. The van der Waals surface area contributed by atoms with E-state index in [0.29, 0.717) is 12.2 Å². The van der Waals surface area contributed by atoms with Gasteiger partial charge in [-0.15, -0.1) is 0 Å². The Morgan fingerprint density at radius 3 is 2.76 bits per heavy atom. The average Bonchev–Trinajstić information content (AvgIpc) is 2.38. The van der Waals surface area contributed by atoms with Crippen LogP contribution in [0.3, 0.4) is 0 Å². The minimum Gasteiger partial charge on any atom is -0.459 e. The maximum Gasteiger partial charge on any atom is 0.338 e. The van der Waals surface area contributed by atoms with E-state index in [2.05, 4.69) is 15.9 Å². The highest BCUT2D eigenvalue weighted by Gasteiger charge is 2.16. The summed E-state index contributed by atoms with van der Waals surface area (Å²) in [5.41, 5.74) is 0.573. The van der Waals surface area contributed by atoms with E-state index in [9.17, 15) is 4.79 Å². The lowest BCUT2D eigenvalue weighted by molar-refractivity contribution is -0.0300. The van der Waals surface area contributed by atoms with Crippen LogP contribution in [0.1, 0.15) is 29.6 Å². The zero-order valence-electron chi connectivity index (χ0n) is 9.52. The van der Waals surface area contributed by atoms with Gasteiger partial charge in [0.05, 0.1) is 11.7 Å². The first-order valence-electron chi connectivity index (χ1n) is 5.80. The molecule has 1 fully saturated rings. The fraction of sp³-hybridized carbons (Fsp3) is 0.462. The van der Waals surface area contributed by atoms with Crippen LogP contribution in [-0.4, -0.2) is 25.3 Å². The molecule has 1 atom stereocenters. The first-order chi connectivity index (χ1) is 8.25. The zero-order valence-corrected chi connectivity index (χ0v) is 11.1. The van der Waals surface area contributed by atoms with Gasteiger partial charge in [0.25, 0.3) is 0 Å². The van der Waals surface area contributed by atoms with Crippen molar-refractivity contribution < 1.29 is 14.3 Å². The first-order valence-corrected chi connectivity index (χ1v) is 6.59. The molecule has 0 spiro atoms. The molecule has 1 aliphatic heterocycles. The number of ether oxygens (including phenoxy) is 2. The Labute approximate surface area is 109 Å². The van der Waals surface area contributed by atoms with Crippen LogP contribution in [0.25, 0.3) is 0 Å². The molecule has 0 amide bonds. The molecular weight excluding hydrogens is 284 g/mol. The third kappa shape index (κ3) is 3.82. The molecule has 1 heterocycles. The van der Waals surface area contributed by atoms with Gasteiger partial charge in [-0.3, -0.25) is 0 Å². The molecule has 4 heteroatoms. The van der Waals surface area contributed by atoms with Crippen LogP contribution in [0.15, 0.2) is 28.7 Å². The molecule has 0 saturated carbocycles. The Morgan fingerprint density at radius 1 is 1.35 bits per heavy atom. The van der Waals surface area contributed by atoms with E-state index in [4.69, 9.17) is 9.47 Å². The molecular formula is C13H15BrO3. The zero-order chi connectivity index (χ0) is 12.1. The highest BCUT2D eigenvalue weighted by molar-refractivity contribution is 9.10. The van der Waals surface area contributed by atoms with Crippen molar-refractivity contribution in [2.24, 2.45) is 0 Å². The van der Waals surface area contributed by atoms with Crippen molar-refractivity contribution in [2.45, 2.75) is 25.4 Å². The van der Waals surface area contributed by atoms with E-state index in [1.165, 1.54) is 0 Å². The van der Waals surface area contributed by atoms with E-state index < -0.39 is 0 Å². The lowest BCUT2D eigenvalue weighted by Crippen LogP contribution is -2.25. The van der Waals surface area contributed by atoms with Crippen molar-refractivity contribution in [2.75, 3.05) is 13.2 Å². The van der Waals surface area contributed by atoms with Gasteiger partial charge < -0.3 is 9.47 Å². The Hall–Kier alpha value is -0.870. The molecule has 1 saturated heterocycles. The summed E-state index contributed by atoms with van der Waals surface area (Å²) in [7, 11) is 0. The third-order valence-corrected chi connectivity index (χ3v) is 3.28. The molecule has 0 aromatic heterocycles. The molecule has 1 unspecified atom stereocenters. The minimum atomic E-state index is -0.285. The largest absolute Gasteiger partial charge is 0.459 e. The molecule has 3 nitrogen and oxygen atoms in total. The van der Waals surface area contributed by atoms with Crippen molar-refractivity contribution in [3.63, 3.8) is 0 Å². The Morgan fingerprint density at radius 2 is 2.12 bits per heavy atom. The molecule has 0 aliphatic carbocycles. The fourth-order valence-corrected chi connectivity index (χ4v) is 2.04. The van der Waals surface area contributed by atoms with E-state index >= 15 is 0 Å². The molecule has 1 aromatic carbocycles. The van der Waals surface area contributed by atoms with Crippen LogP contribution < -0.4 is 0 Å². The van der Waals surface area contributed by atoms with Crippen molar-refractivity contribution in [1.29, 1.82) is 0 Å². The average molecular weight is 299 g/mol. The second-order valence-electron chi connectivity index (χ2n) is 4.09. The van der Waals surface area contributed by atoms with Crippen molar-refractivity contribution in [1.82, 2.24) is 0 Å². The van der Waals surface area contributed by atoms with Gasteiger partial charge >= 0.3 is 5.97 Å². The number of benzene rings is 1. The van der Waals surface area contributed by atoms with Crippen LogP contribution in [-0.2, 0) is 9.47 Å². The number of halogens is 1. The van der Waals surface area contributed by atoms with Crippen molar-refractivity contribution >= 4 is 21.9 Å². The Kier molecular flexibility index (Phi) is 4.57. The predicted octanol–water partition coefficient (Wildman–Crippen LogP) is 3.18. The summed E-state index contributed by atoms with van der Waals surface area (Å²) >= 11 is 3.32. The van der Waals surface area contributed by atoms with E-state index in [1.54, 1.807) is 12.1 Å². The molecule has 1 aliphatic rings. The van der Waals surface area contributed by atoms with E-state index in [-0.39, 0.29) is 12.1 Å². The number of carbonyl (C=O) groups excluding carboxylic acids is 1. The number of hydrogen-bond donors (Lipinski definition) is 0. The van der Waals surface area contributed by atoms with Gasteiger partial charge in [-0.1, -0.05) is 15.9 Å². The van der Waals surface area contributed by atoms with E-state index in [1.807, 2.05) is 12.1 Å². The van der Waals surface area contributed by atoms with Gasteiger partial charge in [0.1, 0.15) is 6.61 Å². The smallest absolute Gasteiger partial charge is 0.338 e. The van der Waals surface area contributed by atoms with Gasteiger partial charge in [-0.05, 0) is 43.5 Å². The fourth-order valence-electron chi connectivity index (χ4n) is 1.78. The van der Waals surface area contributed by atoms with E-state index in [0.717, 1.165) is 30.3 Å². The summed E-state index contributed by atoms with van der Waals surface area (Å²) < 4.78 is 11.7. The molecule has 1 aromatic rings. The number of rotatable bonds is 3. The first kappa shape index (κ1) is 12.6. The summed E-state index contributed by atoms with van der Waals surface area (Å²) in [5, 5.41) is 0. The predicted molar refractivity (Wildman–Crippen MR) is 68.0 cm³/mol. The second-order valence-corrected chi connectivity index (χ2v) is 5.01. The Bertz CT molecular complexity index is 369. The summed E-state index contributed by atoms with van der Waals surface area (Å²) in [6, 6.07) is 7.14. The molecule has 0 radical (unpaired) electrons. The second kappa shape index (κ2) is 6.17. The molecule has 0 bridgehead atoms. The van der Waals surface area contributed by atoms with Gasteiger partial charge in [0, 0.05) is 11.1 Å². The quantitative estimate of drug-likeness (QED) is 0.804. The highest BCUT2D eigenvalue weighted by atomic mass is 79.9. The third-order valence-electron chi connectivity index (χ3n) is 2.75. The molecule has 2 rings (SSSR count). The van der Waals surface area contributed by atoms with Gasteiger partial charge in [-0.2, -0.15) is 0 Å². The van der Waals surface area contributed by atoms with Gasteiger partial charge in [0.15, 0.2) is 0 Å². The molecule has 17 heavy (non-hydrogen) atoms. The lowest BCUT2D eigenvalue weighted by Gasteiger charge is -2.22. The maximum atomic E-state index is 11.7. The molecule has 0 N–H and O–H groups in total. The van der Waals surface area contributed by atoms with Crippen molar-refractivity contribution in [3.8, 4) is 0 Å². The standard InChI is InChI=1S/C13H15BrO3/c14-11-6-4-10(5-7-11)13(15)17-9-12-3-1-2-8-16-12/h4-7,12H,1-3,8-9H2. The van der Waals surface area contributed by atoms with Crippen LogP contribution in [0.2, 0.25) is 0 Å². The number of esters is 1. The summed E-state index contributed by atoms with van der Waals surface area (Å²) in [4.78, 5) is 11.7. The number of carbonyl (C=O) groups is 1. The van der Waals surface area contributed by atoms with Crippen LogP contribution in [0, 0.1) is 0 Å².